The van der Waals surface area contributed by atoms with Gasteiger partial charge < -0.3 is 9.30 Å². The number of rotatable bonds is 6. The molecule has 30 heavy (non-hydrogen) atoms. The zero-order valence-electron chi connectivity index (χ0n) is 16.6. The first kappa shape index (κ1) is 19.3. The third-order valence-electron chi connectivity index (χ3n) is 4.82. The number of Topliss-reactive ketones (excluding diaryl/α,β-unsaturated/α-hetero) is 1. The van der Waals surface area contributed by atoms with E-state index in [9.17, 15) is 9.59 Å². The summed E-state index contributed by atoms with van der Waals surface area (Å²) in [5, 5.41) is 4.14. The van der Waals surface area contributed by atoms with Gasteiger partial charge in [0.05, 0.1) is 11.3 Å². The molecule has 0 saturated heterocycles. The molecule has 0 aliphatic rings. The van der Waals surface area contributed by atoms with E-state index in [4.69, 9.17) is 4.74 Å². The van der Waals surface area contributed by atoms with Gasteiger partial charge in [0.1, 0.15) is 5.82 Å². The van der Waals surface area contributed by atoms with E-state index in [-0.39, 0.29) is 12.4 Å². The molecule has 0 atom stereocenters. The van der Waals surface area contributed by atoms with Crippen molar-refractivity contribution in [2.24, 2.45) is 0 Å². The molecule has 150 valence electrons. The molecule has 0 unspecified atom stereocenters. The molecule has 4 aromatic rings. The van der Waals surface area contributed by atoms with Gasteiger partial charge in [0.2, 0.25) is 5.78 Å². The first-order valence-corrected chi connectivity index (χ1v) is 9.45. The second-order valence-electron chi connectivity index (χ2n) is 6.80. The van der Waals surface area contributed by atoms with Crippen LogP contribution in [-0.4, -0.2) is 37.7 Å². The van der Waals surface area contributed by atoms with E-state index in [1.54, 1.807) is 47.4 Å². The molecule has 3 aromatic heterocycles. The normalized spacial score (nSPS) is 10.7. The number of esters is 1. The third kappa shape index (κ3) is 3.77. The summed E-state index contributed by atoms with van der Waals surface area (Å²) >= 11 is 0. The van der Waals surface area contributed by atoms with Gasteiger partial charge in [-0.25, -0.2) is 14.5 Å². The quantitative estimate of drug-likeness (QED) is 0.364. The van der Waals surface area contributed by atoms with E-state index in [0.717, 1.165) is 22.9 Å². The molecule has 7 heteroatoms. The van der Waals surface area contributed by atoms with E-state index in [1.807, 2.05) is 48.9 Å². The summed E-state index contributed by atoms with van der Waals surface area (Å²) < 4.78 is 8.85. The molecule has 0 amide bonds. The third-order valence-corrected chi connectivity index (χ3v) is 4.82. The summed E-state index contributed by atoms with van der Waals surface area (Å²) in [4.78, 5) is 29.4. The monoisotopic (exact) mass is 400 g/mol. The number of ketones is 1. The van der Waals surface area contributed by atoms with Crippen molar-refractivity contribution in [1.82, 2.24) is 19.3 Å². The van der Waals surface area contributed by atoms with Crippen LogP contribution >= 0.6 is 0 Å². The van der Waals surface area contributed by atoms with E-state index in [0.29, 0.717) is 11.1 Å². The highest BCUT2D eigenvalue weighted by Crippen LogP contribution is 2.20. The Labute approximate surface area is 173 Å². The Balaban J connectivity index is 1.44. The summed E-state index contributed by atoms with van der Waals surface area (Å²) in [6.45, 7) is 3.43. The fourth-order valence-electron chi connectivity index (χ4n) is 3.35. The Hall–Kier alpha value is -4.00. The number of benzene rings is 1. The maximum absolute atomic E-state index is 12.7. The molecule has 1 aromatic carbocycles. The zero-order chi connectivity index (χ0) is 21.1. The number of nitrogens with zero attached hydrogens (tertiary/aromatic N) is 4. The van der Waals surface area contributed by atoms with Crippen molar-refractivity contribution in [3.63, 3.8) is 0 Å². The second kappa shape index (κ2) is 8.16. The van der Waals surface area contributed by atoms with Crippen molar-refractivity contribution in [2.45, 2.75) is 13.8 Å². The lowest BCUT2D eigenvalue weighted by molar-refractivity contribution is 0.0474. The van der Waals surface area contributed by atoms with Crippen LogP contribution in [0.1, 0.15) is 32.1 Å². The van der Waals surface area contributed by atoms with Gasteiger partial charge in [0.25, 0.3) is 0 Å². The van der Waals surface area contributed by atoms with E-state index >= 15 is 0 Å². The summed E-state index contributed by atoms with van der Waals surface area (Å²) in [6.07, 6.45) is 5.20. The zero-order valence-corrected chi connectivity index (χ0v) is 16.6. The Bertz CT molecular complexity index is 1180. The molecule has 0 aliphatic carbocycles. The van der Waals surface area contributed by atoms with Gasteiger partial charge in [-0.2, -0.15) is 5.10 Å². The van der Waals surface area contributed by atoms with Gasteiger partial charge in [-0.15, -0.1) is 0 Å². The molecule has 0 aliphatic heterocycles. The fraction of sp³-hybridized carbons (Fsp3) is 0.130. The standard InChI is InChI=1S/C23H20N4O3/c1-16-14-20(17(2)27(16)22-6-3-4-11-24-22)21(28)15-30-23(29)18-7-9-19(10-8-18)26-13-5-12-25-26/h3-14H,15H2,1-2H3. The number of ether oxygens (including phenoxy) is 1. The van der Waals surface area contributed by atoms with Crippen LogP contribution in [0.5, 0.6) is 0 Å². The van der Waals surface area contributed by atoms with Crippen LogP contribution in [0, 0.1) is 13.8 Å². The lowest BCUT2D eigenvalue weighted by Crippen LogP contribution is -2.15. The van der Waals surface area contributed by atoms with Crippen molar-refractivity contribution < 1.29 is 14.3 Å². The Morgan fingerprint density at radius 2 is 1.80 bits per heavy atom. The number of carbonyl (C=O) groups excluding carboxylic acids is 2. The average Bonchev–Trinajstić information content (AvgIpc) is 3.41. The lowest BCUT2D eigenvalue weighted by atomic mass is 10.1. The minimum absolute atomic E-state index is 0.258. The van der Waals surface area contributed by atoms with Crippen LogP contribution in [0.25, 0.3) is 11.5 Å². The van der Waals surface area contributed by atoms with Gasteiger partial charge >= 0.3 is 5.97 Å². The van der Waals surface area contributed by atoms with Crippen LogP contribution in [0.4, 0.5) is 0 Å². The summed E-state index contributed by atoms with van der Waals surface area (Å²) in [5.74, 6) is -0.0680. The Morgan fingerprint density at radius 1 is 1.00 bits per heavy atom. The van der Waals surface area contributed by atoms with E-state index in [2.05, 4.69) is 10.1 Å². The molecular weight excluding hydrogens is 380 g/mol. The van der Waals surface area contributed by atoms with Gasteiger partial charge in [-0.3, -0.25) is 4.79 Å². The van der Waals surface area contributed by atoms with Crippen LogP contribution in [0.15, 0.2) is 73.2 Å². The van der Waals surface area contributed by atoms with Crippen LogP contribution in [-0.2, 0) is 4.74 Å². The van der Waals surface area contributed by atoms with Crippen molar-refractivity contribution in [1.29, 1.82) is 0 Å². The van der Waals surface area contributed by atoms with Crippen LogP contribution in [0.2, 0.25) is 0 Å². The Morgan fingerprint density at radius 3 is 2.47 bits per heavy atom. The first-order valence-electron chi connectivity index (χ1n) is 9.45. The van der Waals surface area contributed by atoms with Crippen LogP contribution in [0.3, 0.4) is 0 Å². The number of hydrogen-bond acceptors (Lipinski definition) is 5. The molecule has 0 saturated carbocycles. The molecule has 0 fully saturated rings. The highest BCUT2D eigenvalue weighted by Gasteiger charge is 2.19. The molecule has 0 radical (unpaired) electrons. The predicted octanol–water partition coefficient (Wildman–Crippen LogP) is 3.71. The number of pyridine rings is 1. The average molecular weight is 400 g/mol. The summed E-state index contributed by atoms with van der Waals surface area (Å²) in [5.41, 5.74) is 3.36. The molecule has 4 rings (SSSR count). The topological polar surface area (TPSA) is 79.0 Å². The van der Waals surface area contributed by atoms with Crippen molar-refractivity contribution in [3.05, 3.63) is 95.7 Å². The van der Waals surface area contributed by atoms with E-state index < -0.39 is 5.97 Å². The van der Waals surface area contributed by atoms with E-state index in [1.165, 1.54) is 0 Å². The second-order valence-corrected chi connectivity index (χ2v) is 6.80. The maximum Gasteiger partial charge on any atom is 0.338 e. The molecule has 7 nitrogen and oxygen atoms in total. The number of carbonyl (C=O) groups is 2. The van der Waals surface area contributed by atoms with Gasteiger partial charge in [-0.1, -0.05) is 6.07 Å². The number of aromatic nitrogens is 4. The van der Waals surface area contributed by atoms with Crippen molar-refractivity contribution in [3.8, 4) is 11.5 Å². The minimum Gasteiger partial charge on any atom is -0.454 e. The van der Waals surface area contributed by atoms with Crippen molar-refractivity contribution in [2.75, 3.05) is 6.61 Å². The van der Waals surface area contributed by atoms with Crippen LogP contribution < -0.4 is 0 Å². The molecule has 0 N–H and O–H groups in total. The molecule has 3 heterocycles. The SMILES string of the molecule is Cc1cc(C(=O)COC(=O)c2ccc(-n3cccn3)cc2)c(C)n1-c1ccccn1. The highest BCUT2D eigenvalue weighted by atomic mass is 16.5. The van der Waals surface area contributed by atoms with Gasteiger partial charge in [-0.05, 0) is 62.4 Å². The lowest BCUT2D eigenvalue weighted by Gasteiger charge is -2.08. The largest absolute Gasteiger partial charge is 0.454 e. The smallest absolute Gasteiger partial charge is 0.338 e. The molecule has 0 bridgehead atoms. The minimum atomic E-state index is -0.547. The van der Waals surface area contributed by atoms with Gasteiger partial charge in [0, 0.05) is 35.5 Å². The summed E-state index contributed by atoms with van der Waals surface area (Å²) in [6, 6.07) is 16.1. The highest BCUT2D eigenvalue weighted by molar-refractivity contribution is 6.00. The van der Waals surface area contributed by atoms with Gasteiger partial charge in [0.15, 0.2) is 6.61 Å². The van der Waals surface area contributed by atoms with Crippen molar-refractivity contribution >= 4 is 11.8 Å². The number of hydrogen-bond donors (Lipinski definition) is 0. The summed E-state index contributed by atoms with van der Waals surface area (Å²) in [7, 11) is 0. The number of aryl methyl sites for hydroxylation is 1. The predicted molar refractivity (Wildman–Crippen MR) is 111 cm³/mol. The first-order chi connectivity index (χ1) is 14.5. The molecular formula is C23H20N4O3. The Kier molecular flexibility index (Phi) is 5.26. The molecule has 0 spiro atoms. The maximum atomic E-state index is 12.7. The fourth-order valence-corrected chi connectivity index (χ4v) is 3.35.